The first-order chi connectivity index (χ1) is 17.1. The van der Waals surface area contributed by atoms with Gasteiger partial charge in [0, 0.05) is 16.7 Å². The molecule has 0 bridgehead atoms. The van der Waals surface area contributed by atoms with Crippen LogP contribution in [0.1, 0.15) is 16.7 Å². The van der Waals surface area contributed by atoms with E-state index in [0.717, 1.165) is 0 Å². The molecule has 0 aromatic heterocycles. The van der Waals surface area contributed by atoms with Gasteiger partial charge in [0.1, 0.15) is 0 Å². The van der Waals surface area contributed by atoms with E-state index in [1.807, 2.05) is 0 Å². The maximum absolute atomic E-state index is 14.3. The van der Waals surface area contributed by atoms with Crippen molar-refractivity contribution in [1.82, 2.24) is 0 Å². The summed E-state index contributed by atoms with van der Waals surface area (Å²) in [4.78, 5) is 0. The Hall–Kier alpha value is -3.72. The van der Waals surface area contributed by atoms with Crippen LogP contribution < -0.4 is 14.0 Å². The molecule has 0 fully saturated rings. The molecular weight excluding hydrogens is 539 g/mol. The molecular formula is C21H9BF12O3. The van der Waals surface area contributed by atoms with Gasteiger partial charge in [0.05, 0.1) is 0 Å². The molecule has 0 unspecified atom stereocenters. The van der Waals surface area contributed by atoms with Crippen molar-refractivity contribution in [3.05, 3.63) is 86.5 Å². The molecule has 3 aromatic carbocycles. The summed E-state index contributed by atoms with van der Waals surface area (Å²) in [5, 5.41) is 0. The molecule has 0 saturated heterocycles. The van der Waals surface area contributed by atoms with Gasteiger partial charge in [-0.25, -0.2) is 26.3 Å². The maximum Gasteiger partial charge on any atom is 0.864 e. The molecule has 0 aliphatic heterocycles. The molecule has 0 saturated carbocycles. The highest BCUT2D eigenvalue weighted by molar-refractivity contribution is 6.39. The fraction of sp³-hybridized carbons (Fsp3) is 0.143. The fourth-order valence-corrected chi connectivity index (χ4v) is 2.84. The van der Waals surface area contributed by atoms with Crippen molar-refractivity contribution < 1.29 is 66.6 Å². The Morgan fingerprint density at radius 1 is 0.324 bits per heavy atom. The minimum absolute atomic E-state index is 0.580. The fourth-order valence-electron chi connectivity index (χ4n) is 2.84. The summed E-state index contributed by atoms with van der Waals surface area (Å²) in [6, 6.07) is 0. The summed E-state index contributed by atoms with van der Waals surface area (Å²) in [7, 11) is -3.39. The molecule has 3 rings (SSSR count). The van der Waals surface area contributed by atoms with Gasteiger partial charge in [-0.05, 0) is 20.8 Å². The second-order valence-corrected chi connectivity index (χ2v) is 7.27. The van der Waals surface area contributed by atoms with Crippen LogP contribution in [0.2, 0.25) is 0 Å². The quantitative estimate of drug-likeness (QED) is 0.193. The highest BCUT2D eigenvalue weighted by atomic mass is 19.2. The van der Waals surface area contributed by atoms with Crippen LogP contribution in [-0.4, -0.2) is 7.32 Å². The van der Waals surface area contributed by atoms with E-state index in [2.05, 4.69) is 14.0 Å². The Morgan fingerprint density at radius 2 is 0.486 bits per heavy atom. The first-order valence-electron chi connectivity index (χ1n) is 9.59. The number of hydrogen-bond acceptors (Lipinski definition) is 3. The van der Waals surface area contributed by atoms with E-state index in [0.29, 0.717) is 20.8 Å². The number of halogens is 12. The highest BCUT2D eigenvalue weighted by Gasteiger charge is 2.41. The summed E-state index contributed by atoms with van der Waals surface area (Å²) in [5.74, 6) is -32.9. The summed E-state index contributed by atoms with van der Waals surface area (Å²) in [5.41, 5.74) is -3.67. The van der Waals surface area contributed by atoms with Crippen molar-refractivity contribution in [2.75, 3.05) is 0 Å². The van der Waals surface area contributed by atoms with Crippen LogP contribution in [0.25, 0.3) is 0 Å². The number of hydrogen-bond donors (Lipinski definition) is 0. The van der Waals surface area contributed by atoms with Gasteiger partial charge in [-0.2, -0.15) is 26.3 Å². The van der Waals surface area contributed by atoms with E-state index >= 15 is 0 Å². The summed E-state index contributed by atoms with van der Waals surface area (Å²) >= 11 is 0. The van der Waals surface area contributed by atoms with Crippen molar-refractivity contribution in [3.63, 3.8) is 0 Å². The van der Waals surface area contributed by atoms with Gasteiger partial charge in [0.15, 0.2) is 52.2 Å². The van der Waals surface area contributed by atoms with E-state index in [1.165, 1.54) is 0 Å². The standard InChI is InChI=1S/C21H9BF12O3/c1-4-7(23)13(29)19(14(30)8(4)24)35-22(36-20-15(31)9(25)5(2)10(26)16(20)32)37-21-17(33)11(27)6(3)12(28)18(21)34/h1-3H3. The lowest BCUT2D eigenvalue weighted by atomic mass is 10.1. The summed E-state index contributed by atoms with van der Waals surface area (Å²) in [6.45, 7) is 1.74. The minimum Gasteiger partial charge on any atom is -0.484 e. The molecule has 0 aliphatic carbocycles. The predicted octanol–water partition coefficient (Wildman–Crippen LogP) is 6.80. The van der Waals surface area contributed by atoms with E-state index in [9.17, 15) is 52.7 Å². The molecule has 16 heteroatoms. The zero-order chi connectivity index (χ0) is 28.1. The molecule has 0 N–H and O–H groups in total. The largest absolute Gasteiger partial charge is 0.864 e. The second-order valence-electron chi connectivity index (χ2n) is 7.27. The Labute approximate surface area is 199 Å². The first kappa shape index (κ1) is 27.9. The normalized spacial score (nSPS) is 11.1. The minimum atomic E-state index is -3.39. The van der Waals surface area contributed by atoms with Gasteiger partial charge >= 0.3 is 7.32 Å². The van der Waals surface area contributed by atoms with Crippen LogP contribution >= 0.6 is 0 Å². The van der Waals surface area contributed by atoms with Gasteiger partial charge in [-0.1, -0.05) is 0 Å². The average molecular weight is 548 g/mol. The van der Waals surface area contributed by atoms with Gasteiger partial charge in [-0.15, -0.1) is 0 Å². The molecule has 0 spiro atoms. The molecule has 37 heavy (non-hydrogen) atoms. The van der Waals surface area contributed by atoms with Crippen molar-refractivity contribution in [2.45, 2.75) is 20.8 Å². The molecule has 0 heterocycles. The number of rotatable bonds is 6. The smallest absolute Gasteiger partial charge is 0.484 e. The van der Waals surface area contributed by atoms with Crippen LogP contribution in [0.4, 0.5) is 52.7 Å². The predicted molar refractivity (Wildman–Crippen MR) is 101 cm³/mol. The topological polar surface area (TPSA) is 27.7 Å². The van der Waals surface area contributed by atoms with Gasteiger partial charge in [-0.3, -0.25) is 0 Å². The first-order valence-corrected chi connectivity index (χ1v) is 9.59. The van der Waals surface area contributed by atoms with Crippen LogP contribution in [0, 0.1) is 90.6 Å². The van der Waals surface area contributed by atoms with E-state index in [1.54, 1.807) is 0 Å². The third-order valence-corrected chi connectivity index (χ3v) is 4.97. The van der Waals surface area contributed by atoms with E-state index in [-0.39, 0.29) is 0 Å². The van der Waals surface area contributed by atoms with E-state index in [4.69, 9.17) is 0 Å². The van der Waals surface area contributed by atoms with Gasteiger partial charge in [0.2, 0.25) is 34.9 Å². The SMILES string of the molecule is Cc1c(F)c(F)c(OB(Oc2c(F)c(F)c(C)c(F)c2F)Oc2c(F)c(F)c(C)c(F)c2F)c(F)c1F. The third kappa shape index (κ3) is 4.59. The molecule has 3 nitrogen and oxygen atoms in total. The lowest BCUT2D eigenvalue weighted by Gasteiger charge is -2.20. The second kappa shape index (κ2) is 9.97. The summed E-state index contributed by atoms with van der Waals surface area (Å²) < 4.78 is 182. The van der Waals surface area contributed by atoms with Crippen molar-refractivity contribution in [2.24, 2.45) is 0 Å². The Balaban J connectivity index is 2.22. The number of benzene rings is 3. The van der Waals surface area contributed by atoms with Crippen LogP contribution in [0.15, 0.2) is 0 Å². The molecule has 0 radical (unpaired) electrons. The molecule has 3 aromatic rings. The Bertz CT molecular complexity index is 1170. The highest BCUT2D eigenvalue weighted by Crippen LogP contribution is 2.35. The Morgan fingerprint density at radius 3 is 0.649 bits per heavy atom. The third-order valence-electron chi connectivity index (χ3n) is 4.97. The molecule has 0 aliphatic rings. The molecule has 0 atom stereocenters. The van der Waals surface area contributed by atoms with Crippen LogP contribution in [-0.2, 0) is 0 Å². The molecule has 0 amide bonds. The van der Waals surface area contributed by atoms with Gasteiger partial charge in [0.25, 0.3) is 0 Å². The monoisotopic (exact) mass is 548 g/mol. The summed E-state index contributed by atoms with van der Waals surface area (Å²) in [6.07, 6.45) is 0. The zero-order valence-corrected chi connectivity index (χ0v) is 18.3. The lowest BCUT2D eigenvalue weighted by Crippen LogP contribution is -2.39. The average Bonchev–Trinajstić information content (AvgIpc) is 2.88. The van der Waals surface area contributed by atoms with E-state index < -0.39 is 111 Å². The Kier molecular flexibility index (Phi) is 7.51. The van der Waals surface area contributed by atoms with Crippen LogP contribution in [0.5, 0.6) is 17.2 Å². The maximum atomic E-state index is 14.3. The lowest BCUT2D eigenvalue weighted by molar-refractivity contribution is 0.254. The molecule has 198 valence electrons. The van der Waals surface area contributed by atoms with Gasteiger partial charge < -0.3 is 14.0 Å². The van der Waals surface area contributed by atoms with Crippen molar-refractivity contribution >= 4 is 7.32 Å². The van der Waals surface area contributed by atoms with Crippen LogP contribution in [0.3, 0.4) is 0 Å². The zero-order valence-electron chi connectivity index (χ0n) is 18.3. The van der Waals surface area contributed by atoms with Crippen molar-refractivity contribution in [1.29, 1.82) is 0 Å². The van der Waals surface area contributed by atoms with Crippen molar-refractivity contribution in [3.8, 4) is 17.2 Å².